The first-order valence-corrected chi connectivity index (χ1v) is 5.81. The summed E-state index contributed by atoms with van der Waals surface area (Å²) in [5, 5.41) is 3.39. The molecule has 0 saturated heterocycles. The molecular weight excluding hydrogens is 184 g/mol. The lowest BCUT2D eigenvalue weighted by Gasteiger charge is -2.10. The molecule has 84 valence electrons. The third-order valence-electron chi connectivity index (χ3n) is 2.48. The lowest BCUT2D eigenvalue weighted by Crippen LogP contribution is -2.14. The minimum Gasteiger partial charge on any atom is -0.313 e. The Balaban J connectivity index is 2.65. The zero-order valence-electron chi connectivity index (χ0n) is 10.3. The third-order valence-corrected chi connectivity index (χ3v) is 2.48. The minimum atomic E-state index is 0.516. The number of pyridine rings is 1. The number of hydrogen-bond donors (Lipinski definition) is 1. The molecule has 0 aliphatic carbocycles. The van der Waals surface area contributed by atoms with Gasteiger partial charge in [0.15, 0.2) is 0 Å². The molecule has 2 heteroatoms. The van der Waals surface area contributed by atoms with Gasteiger partial charge in [-0.2, -0.15) is 0 Å². The van der Waals surface area contributed by atoms with E-state index in [4.69, 9.17) is 0 Å². The number of aryl methyl sites for hydroxylation is 1. The van der Waals surface area contributed by atoms with Gasteiger partial charge < -0.3 is 5.32 Å². The maximum Gasteiger partial charge on any atom is 0.0458 e. The van der Waals surface area contributed by atoms with Gasteiger partial charge in [0.25, 0.3) is 0 Å². The summed E-state index contributed by atoms with van der Waals surface area (Å²) in [7, 11) is 0. The van der Waals surface area contributed by atoms with Crippen LogP contribution in [0.5, 0.6) is 0 Å². The lowest BCUT2D eigenvalue weighted by atomic mass is 10.0. The minimum absolute atomic E-state index is 0.516. The Hall–Kier alpha value is -0.890. The Morgan fingerprint density at radius 2 is 2.13 bits per heavy atom. The van der Waals surface area contributed by atoms with Crippen LogP contribution in [0.3, 0.4) is 0 Å². The quantitative estimate of drug-likeness (QED) is 0.749. The van der Waals surface area contributed by atoms with Crippen LogP contribution in [0, 0.1) is 6.92 Å². The molecular formula is C13H22N2. The molecule has 0 spiro atoms. The van der Waals surface area contributed by atoms with E-state index in [2.05, 4.69) is 44.1 Å². The summed E-state index contributed by atoms with van der Waals surface area (Å²) in [5.74, 6) is 0.516. The lowest BCUT2D eigenvalue weighted by molar-refractivity contribution is 0.671. The molecule has 0 saturated carbocycles. The monoisotopic (exact) mass is 206 g/mol. The Morgan fingerprint density at radius 3 is 2.67 bits per heavy atom. The number of nitrogens with zero attached hydrogens (tertiary/aromatic N) is 1. The van der Waals surface area contributed by atoms with Crippen molar-refractivity contribution in [3.63, 3.8) is 0 Å². The second-order valence-corrected chi connectivity index (χ2v) is 4.38. The van der Waals surface area contributed by atoms with Crippen LogP contribution in [0.25, 0.3) is 0 Å². The van der Waals surface area contributed by atoms with E-state index in [9.17, 15) is 0 Å². The van der Waals surface area contributed by atoms with Crippen molar-refractivity contribution in [2.75, 3.05) is 6.54 Å². The zero-order valence-corrected chi connectivity index (χ0v) is 10.3. The summed E-state index contributed by atoms with van der Waals surface area (Å²) in [6.45, 7) is 10.7. The molecule has 0 unspecified atom stereocenters. The molecule has 1 heterocycles. The summed E-state index contributed by atoms with van der Waals surface area (Å²) in [6, 6.07) is 2.24. The molecule has 0 radical (unpaired) electrons. The molecule has 0 aromatic carbocycles. The predicted octanol–water partition coefficient (Wildman–Crippen LogP) is 3.01. The van der Waals surface area contributed by atoms with E-state index < -0.39 is 0 Å². The fourth-order valence-corrected chi connectivity index (χ4v) is 1.75. The van der Waals surface area contributed by atoms with Crippen molar-refractivity contribution in [3.8, 4) is 0 Å². The van der Waals surface area contributed by atoms with Crippen LogP contribution >= 0.6 is 0 Å². The van der Waals surface area contributed by atoms with Crippen LogP contribution in [-0.4, -0.2) is 11.5 Å². The molecule has 0 amide bonds. The van der Waals surface area contributed by atoms with Crippen molar-refractivity contribution in [1.82, 2.24) is 10.3 Å². The summed E-state index contributed by atoms with van der Waals surface area (Å²) in [4.78, 5) is 4.52. The van der Waals surface area contributed by atoms with Crippen LogP contribution in [0.15, 0.2) is 12.3 Å². The topological polar surface area (TPSA) is 24.9 Å². The van der Waals surface area contributed by atoms with Crippen molar-refractivity contribution < 1.29 is 0 Å². The van der Waals surface area contributed by atoms with E-state index in [0.29, 0.717) is 5.92 Å². The molecule has 2 nitrogen and oxygen atoms in total. The summed E-state index contributed by atoms with van der Waals surface area (Å²) in [6.07, 6.45) is 3.17. The van der Waals surface area contributed by atoms with Gasteiger partial charge in [-0.25, -0.2) is 0 Å². The molecule has 1 aromatic heterocycles. The van der Waals surface area contributed by atoms with Gasteiger partial charge in [-0.3, -0.25) is 4.98 Å². The fourth-order valence-electron chi connectivity index (χ4n) is 1.75. The van der Waals surface area contributed by atoms with E-state index in [1.54, 1.807) is 0 Å². The Kier molecular flexibility index (Phi) is 4.76. The number of hydrogen-bond acceptors (Lipinski definition) is 2. The van der Waals surface area contributed by atoms with Crippen LogP contribution < -0.4 is 5.32 Å². The van der Waals surface area contributed by atoms with Gasteiger partial charge in [0.2, 0.25) is 0 Å². The molecule has 15 heavy (non-hydrogen) atoms. The SMILES string of the molecule is CCCNCc1cnc(C(C)C)c(C)c1. The second-order valence-electron chi connectivity index (χ2n) is 4.38. The van der Waals surface area contributed by atoms with Crippen LogP contribution in [0.2, 0.25) is 0 Å². The maximum atomic E-state index is 4.52. The average molecular weight is 206 g/mol. The molecule has 1 aromatic rings. The molecule has 0 bridgehead atoms. The smallest absolute Gasteiger partial charge is 0.0458 e. The van der Waals surface area contributed by atoms with Crippen molar-refractivity contribution >= 4 is 0 Å². The van der Waals surface area contributed by atoms with E-state index >= 15 is 0 Å². The second kappa shape index (κ2) is 5.86. The highest BCUT2D eigenvalue weighted by molar-refractivity contribution is 5.25. The highest BCUT2D eigenvalue weighted by Crippen LogP contribution is 2.16. The molecule has 1 rings (SSSR count). The molecule has 0 fully saturated rings. The third kappa shape index (κ3) is 3.63. The highest BCUT2D eigenvalue weighted by Gasteiger charge is 2.05. The van der Waals surface area contributed by atoms with Crippen LogP contribution in [0.1, 0.15) is 49.9 Å². The fraction of sp³-hybridized carbons (Fsp3) is 0.615. The van der Waals surface area contributed by atoms with Gasteiger partial charge in [0.1, 0.15) is 0 Å². The van der Waals surface area contributed by atoms with E-state index in [-0.39, 0.29) is 0 Å². The molecule has 0 atom stereocenters. The van der Waals surface area contributed by atoms with Crippen molar-refractivity contribution in [2.24, 2.45) is 0 Å². The normalized spacial score (nSPS) is 11.0. The van der Waals surface area contributed by atoms with Gasteiger partial charge in [-0.15, -0.1) is 0 Å². The van der Waals surface area contributed by atoms with Crippen LogP contribution in [0.4, 0.5) is 0 Å². The molecule has 0 aliphatic heterocycles. The maximum absolute atomic E-state index is 4.52. The summed E-state index contributed by atoms with van der Waals surface area (Å²) >= 11 is 0. The van der Waals surface area contributed by atoms with E-state index in [0.717, 1.165) is 13.1 Å². The number of rotatable bonds is 5. The zero-order chi connectivity index (χ0) is 11.3. The molecule has 0 aliphatic rings. The Labute approximate surface area is 93.1 Å². The van der Waals surface area contributed by atoms with Crippen molar-refractivity contribution in [1.29, 1.82) is 0 Å². The van der Waals surface area contributed by atoms with E-state index in [1.807, 2.05) is 6.20 Å². The summed E-state index contributed by atoms with van der Waals surface area (Å²) in [5.41, 5.74) is 3.81. The van der Waals surface area contributed by atoms with Gasteiger partial charge in [-0.05, 0) is 36.9 Å². The van der Waals surface area contributed by atoms with E-state index in [1.165, 1.54) is 23.2 Å². The Morgan fingerprint density at radius 1 is 1.40 bits per heavy atom. The van der Waals surface area contributed by atoms with Gasteiger partial charge >= 0.3 is 0 Å². The van der Waals surface area contributed by atoms with Crippen molar-refractivity contribution in [2.45, 2.75) is 46.6 Å². The predicted molar refractivity (Wildman–Crippen MR) is 65.1 cm³/mol. The first-order chi connectivity index (χ1) is 7.15. The van der Waals surface area contributed by atoms with Gasteiger partial charge in [0, 0.05) is 18.4 Å². The Bertz CT molecular complexity index is 305. The standard InChI is InChI=1S/C13H22N2/c1-5-6-14-8-12-7-11(4)13(10(2)3)15-9-12/h7,9-10,14H,5-6,8H2,1-4H3. The van der Waals surface area contributed by atoms with Gasteiger partial charge in [-0.1, -0.05) is 26.8 Å². The first-order valence-electron chi connectivity index (χ1n) is 5.81. The highest BCUT2D eigenvalue weighted by atomic mass is 14.8. The molecule has 1 N–H and O–H groups in total. The average Bonchev–Trinajstić information content (AvgIpc) is 2.17. The van der Waals surface area contributed by atoms with Gasteiger partial charge in [0.05, 0.1) is 0 Å². The van der Waals surface area contributed by atoms with Crippen LogP contribution in [-0.2, 0) is 6.54 Å². The summed E-state index contributed by atoms with van der Waals surface area (Å²) < 4.78 is 0. The number of nitrogens with one attached hydrogen (secondary N) is 1. The number of aromatic nitrogens is 1. The first kappa shape index (κ1) is 12.2. The largest absolute Gasteiger partial charge is 0.313 e. The van der Waals surface area contributed by atoms with Crippen molar-refractivity contribution in [3.05, 3.63) is 29.1 Å².